The predicted molar refractivity (Wildman–Crippen MR) is 74.5 cm³/mol. The number of nitrogens with two attached hydrogens (primary N) is 1. The van der Waals surface area contributed by atoms with Gasteiger partial charge in [-0.05, 0) is 29.5 Å². The number of aryl methyl sites for hydroxylation is 1. The third kappa shape index (κ3) is 2.72. The van der Waals surface area contributed by atoms with Gasteiger partial charge in [-0.3, -0.25) is 0 Å². The van der Waals surface area contributed by atoms with Gasteiger partial charge in [0.15, 0.2) is 11.5 Å². The summed E-state index contributed by atoms with van der Waals surface area (Å²) in [4.78, 5) is 4.53. The standard InChI is InChI=1S/C15H22N2O/c1-5-10-6-7-12-11(8-10)17-14(18-12)9-13(16)15(2,3)4/h6-8,13H,5,9,16H2,1-4H3. The molecular formula is C15H22N2O. The molecule has 2 N–H and O–H groups in total. The second kappa shape index (κ2) is 4.73. The van der Waals surface area contributed by atoms with Crippen LogP contribution in [-0.4, -0.2) is 11.0 Å². The largest absolute Gasteiger partial charge is 0.441 e. The van der Waals surface area contributed by atoms with Gasteiger partial charge in [-0.2, -0.15) is 0 Å². The molecule has 18 heavy (non-hydrogen) atoms. The zero-order chi connectivity index (χ0) is 13.3. The van der Waals surface area contributed by atoms with Gasteiger partial charge >= 0.3 is 0 Å². The highest BCUT2D eigenvalue weighted by molar-refractivity contribution is 5.73. The predicted octanol–water partition coefficient (Wildman–Crippen LogP) is 3.31. The number of aromatic nitrogens is 1. The van der Waals surface area contributed by atoms with Gasteiger partial charge in [0.25, 0.3) is 0 Å². The van der Waals surface area contributed by atoms with Crippen LogP contribution in [0.5, 0.6) is 0 Å². The molecular weight excluding hydrogens is 224 g/mol. The Kier molecular flexibility index (Phi) is 3.44. The van der Waals surface area contributed by atoms with Gasteiger partial charge in [-0.1, -0.05) is 33.8 Å². The SMILES string of the molecule is CCc1ccc2oc(CC(N)C(C)(C)C)nc2c1. The first-order valence-electron chi connectivity index (χ1n) is 6.54. The lowest BCUT2D eigenvalue weighted by molar-refractivity contribution is 0.303. The lowest BCUT2D eigenvalue weighted by Gasteiger charge is -2.25. The number of nitrogens with zero attached hydrogens (tertiary/aromatic N) is 1. The molecule has 0 aliphatic rings. The zero-order valence-corrected chi connectivity index (χ0v) is 11.7. The Morgan fingerprint density at radius 3 is 2.67 bits per heavy atom. The van der Waals surface area contributed by atoms with E-state index in [-0.39, 0.29) is 11.5 Å². The lowest BCUT2D eigenvalue weighted by Crippen LogP contribution is -2.36. The summed E-state index contributed by atoms with van der Waals surface area (Å²) < 4.78 is 5.74. The molecule has 2 aromatic rings. The number of oxazole rings is 1. The van der Waals surface area contributed by atoms with Crippen molar-refractivity contribution in [2.45, 2.75) is 46.6 Å². The second-order valence-electron chi connectivity index (χ2n) is 5.94. The first kappa shape index (κ1) is 13.1. The van der Waals surface area contributed by atoms with Gasteiger partial charge in [-0.25, -0.2) is 4.98 Å². The van der Waals surface area contributed by atoms with Crippen molar-refractivity contribution >= 4 is 11.1 Å². The van der Waals surface area contributed by atoms with E-state index in [0.717, 1.165) is 23.4 Å². The smallest absolute Gasteiger partial charge is 0.197 e. The summed E-state index contributed by atoms with van der Waals surface area (Å²) in [7, 11) is 0. The molecule has 0 bridgehead atoms. The summed E-state index contributed by atoms with van der Waals surface area (Å²) in [5, 5.41) is 0. The highest BCUT2D eigenvalue weighted by Crippen LogP contribution is 2.23. The second-order valence-corrected chi connectivity index (χ2v) is 5.94. The molecule has 0 amide bonds. The molecule has 0 aliphatic carbocycles. The van der Waals surface area contributed by atoms with Crippen molar-refractivity contribution in [1.29, 1.82) is 0 Å². The van der Waals surface area contributed by atoms with E-state index in [1.165, 1.54) is 5.56 Å². The highest BCUT2D eigenvalue weighted by atomic mass is 16.3. The van der Waals surface area contributed by atoms with E-state index >= 15 is 0 Å². The summed E-state index contributed by atoms with van der Waals surface area (Å²) in [6, 6.07) is 6.22. The molecule has 0 saturated carbocycles. The first-order valence-corrected chi connectivity index (χ1v) is 6.54. The summed E-state index contributed by atoms with van der Waals surface area (Å²) >= 11 is 0. The van der Waals surface area contributed by atoms with Crippen LogP contribution in [0.2, 0.25) is 0 Å². The topological polar surface area (TPSA) is 52.0 Å². The Morgan fingerprint density at radius 1 is 1.33 bits per heavy atom. The van der Waals surface area contributed by atoms with E-state index in [4.69, 9.17) is 10.2 Å². The monoisotopic (exact) mass is 246 g/mol. The van der Waals surface area contributed by atoms with Crippen LogP contribution >= 0.6 is 0 Å². The molecule has 0 fully saturated rings. The van der Waals surface area contributed by atoms with Crippen LogP contribution in [0.4, 0.5) is 0 Å². The van der Waals surface area contributed by atoms with Crippen LogP contribution in [0.15, 0.2) is 22.6 Å². The molecule has 3 heteroatoms. The fraction of sp³-hybridized carbons (Fsp3) is 0.533. The summed E-state index contributed by atoms with van der Waals surface area (Å²) in [6.45, 7) is 8.54. The zero-order valence-electron chi connectivity index (χ0n) is 11.7. The minimum Gasteiger partial charge on any atom is -0.441 e. The molecule has 1 aromatic heterocycles. The quantitative estimate of drug-likeness (QED) is 0.904. The minimum absolute atomic E-state index is 0.0520. The van der Waals surface area contributed by atoms with Crippen LogP contribution in [0, 0.1) is 5.41 Å². The Hall–Kier alpha value is -1.35. The molecule has 0 radical (unpaired) electrons. The van der Waals surface area contributed by atoms with Crippen molar-refractivity contribution in [3.8, 4) is 0 Å². The van der Waals surface area contributed by atoms with E-state index in [1.807, 2.05) is 6.07 Å². The van der Waals surface area contributed by atoms with E-state index in [0.29, 0.717) is 6.42 Å². The van der Waals surface area contributed by atoms with Crippen LogP contribution in [-0.2, 0) is 12.8 Å². The summed E-state index contributed by atoms with van der Waals surface area (Å²) in [5.41, 5.74) is 9.29. The van der Waals surface area contributed by atoms with Gasteiger partial charge in [0.2, 0.25) is 0 Å². The molecule has 0 spiro atoms. The van der Waals surface area contributed by atoms with Gasteiger partial charge < -0.3 is 10.2 Å². The number of hydrogen-bond donors (Lipinski definition) is 1. The van der Waals surface area contributed by atoms with Crippen LogP contribution < -0.4 is 5.73 Å². The Labute approximate surface area is 108 Å². The van der Waals surface area contributed by atoms with Crippen LogP contribution in [0.25, 0.3) is 11.1 Å². The molecule has 1 aromatic carbocycles. The highest BCUT2D eigenvalue weighted by Gasteiger charge is 2.22. The average molecular weight is 246 g/mol. The number of hydrogen-bond acceptors (Lipinski definition) is 3. The van der Waals surface area contributed by atoms with E-state index in [2.05, 4.69) is 44.8 Å². The fourth-order valence-corrected chi connectivity index (χ4v) is 1.82. The van der Waals surface area contributed by atoms with Crippen molar-refractivity contribution < 1.29 is 4.42 Å². The van der Waals surface area contributed by atoms with Crippen LogP contribution in [0.1, 0.15) is 39.1 Å². The van der Waals surface area contributed by atoms with E-state index < -0.39 is 0 Å². The van der Waals surface area contributed by atoms with Gasteiger partial charge in [0.05, 0.1) is 0 Å². The Bertz CT molecular complexity index is 537. The third-order valence-corrected chi connectivity index (χ3v) is 3.41. The molecule has 98 valence electrons. The van der Waals surface area contributed by atoms with Crippen molar-refractivity contribution in [3.05, 3.63) is 29.7 Å². The molecule has 1 unspecified atom stereocenters. The minimum atomic E-state index is 0.0520. The van der Waals surface area contributed by atoms with Gasteiger partial charge in [0.1, 0.15) is 5.52 Å². The maximum atomic E-state index is 6.16. The van der Waals surface area contributed by atoms with Crippen molar-refractivity contribution in [3.63, 3.8) is 0 Å². The van der Waals surface area contributed by atoms with Crippen molar-refractivity contribution in [2.75, 3.05) is 0 Å². The third-order valence-electron chi connectivity index (χ3n) is 3.41. The van der Waals surface area contributed by atoms with Crippen LogP contribution in [0.3, 0.4) is 0 Å². The Balaban J connectivity index is 2.25. The van der Waals surface area contributed by atoms with E-state index in [1.54, 1.807) is 0 Å². The maximum absolute atomic E-state index is 6.16. The summed E-state index contributed by atoms with van der Waals surface area (Å²) in [6.07, 6.45) is 1.69. The van der Waals surface area contributed by atoms with Gasteiger partial charge in [-0.15, -0.1) is 0 Å². The lowest BCUT2D eigenvalue weighted by atomic mass is 9.85. The fourth-order valence-electron chi connectivity index (χ4n) is 1.82. The van der Waals surface area contributed by atoms with Crippen molar-refractivity contribution in [2.24, 2.45) is 11.1 Å². The van der Waals surface area contributed by atoms with E-state index in [9.17, 15) is 0 Å². The number of rotatable bonds is 3. The molecule has 0 aliphatic heterocycles. The average Bonchev–Trinajstić information content (AvgIpc) is 2.68. The normalized spacial score (nSPS) is 14.1. The molecule has 1 atom stereocenters. The van der Waals surface area contributed by atoms with Gasteiger partial charge in [0, 0.05) is 12.5 Å². The van der Waals surface area contributed by atoms with Crippen molar-refractivity contribution in [1.82, 2.24) is 4.98 Å². The Morgan fingerprint density at radius 2 is 2.06 bits per heavy atom. The first-order chi connectivity index (χ1) is 8.40. The molecule has 2 rings (SSSR count). The maximum Gasteiger partial charge on any atom is 0.197 e. The molecule has 1 heterocycles. The molecule has 3 nitrogen and oxygen atoms in total. The number of benzene rings is 1. The molecule has 0 saturated heterocycles. The number of fused-ring (bicyclic) bond motifs is 1. The summed E-state index contributed by atoms with van der Waals surface area (Å²) in [5.74, 6) is 0.737.